The average molecular weight is 232 g/mol. The summed E-state index contributed by atoms with van der Waals surface area (Å²) in [6.45, 7) is 10.4. The average Bonchev–Trinajstić information content (AvgIpc) is 2.29. The molecule has 0 aromatic heterocycles. The Morgan fingerprint density at radius 2 is 1.71 bits per heavy atom. The molecule has 0 spiro atoms. The summed E-state index contributed by atoms with van der Waals surface area (Å²) in [5, 5.41) is 0. The van der Waals surface area contributed by atoms with Gasteiger partial charge in [-0.15, -0.1) is 0 Å². The van der Waals surface area contributed by atoms with Gasteiger partial charge in [0.25, 0.3) is 0 Å². The SMILES string of the molecule is CN1CCN(C(C)(C)C)CC1c1ccccc1. The fourth-order valence-corrected chi connectivity index (χ4v) is 2.52. The Labute approximate surface area is 105 Å². The highest BCUT2D eigenvalue weighted by atomic mass is 15.3. The summed E-state index contributed by atoms with van der Waals surface area (Å²) in [5.74, 6) is 0. The first-order valence-electron chi connectivity index (χ1n) is 6.49. The van der Waals surface area contributed by atoms with E-state index in [-0.39, 0.29) is 5.54 Å². The zero-order valence-corrected chi connectivity index (χ0v) is 11.5. The lowest BCUT2D eigenvalue weighted by molar-refractivity contribution is 0.0345. The molecule has 2 heteroatoms. The van der Waals surface area contributed by atoms with Crippen LogP contribution in [0.1, 0.15) is 32.4 Å². The van der Waals surface area contributed by atoms with Crippen LogP contribution in [0, 0.1) is 0 Å². The van der Waals surface area contributed by atoms with Gasteiger partial charge in [0, 0.05) is 31.2 Å². The maximum Gasteiger partial charge on any atom is 0.0472 e. The number of benzene rings is 1. The van der Waals surface area contributed by atoms with E-state index in [9.17, 15) is 0 Å². The van der Waals surface area contributed by atoms with Crippen LogP contribution in [0.3, 0.4) is 0 Å². The predicted molar refractivity (Wildman–Crippen MR) is 73.1 cm³/mol. The number of rotatable bonds is 1. The van der Waals surface area contributed by atoms with Crippen molar-refractivity contribution >= 4 is 0 Å². The second kappa shape index (κ2) is 4.79. The molecule has 1 fully saturated rings. The predicted octanol–water partition coefficient (Wildman–Crippen LogP) is 2.77. The second-order valence-corrected chi connectivity index (χ2v) is 6.02. The molecule has 1 aromatic carbocycles. The quantitative estimate of drug-likeness (QED) is 0.734. The minimum Gasteiger partial charge on any atom is -0.297 e. The van der Waals surface area contributed by atoms with Gasteiger partial charge in [-0.2, -0.15) is 0 Å². The monoisotopic (exact) mass is 232 g/mol. The molecule has 0 saturated carbocycles. The molecule has 1 saturated heterocycles. The Hall–Kier alpha value is -0.860. The Kier molecular flexibility index (Phi) is 3.55. The summed E-state index contributed by atoms with van der Waals surface area (Å²) in [6.07, 6.45) is 0. The third kappa shape index (κ3) is 2.88. The van der Waals surface area contributed by atoms with Crippen molar-refractivity contribution in [2.75, 3.05) is 26.7 Å². The standard InChI is InChI=1S/C15H24N2/c1-15(2,3)17-11-10-16(4)14(12-17)13-8-6-5-7-9-13/h5-9,14H,10-12H2,1-4H3. The van der Waals surface area contributed by atoms with Crippen LogP contribution in [0.5, 0.6) is 0 Å². The van der Waals surface area contributed by atoms with Crippen LogP contribution in [0.2, 0.25) is 0 Å². The number of nitrogens with zero attached hydrogens (tertiary/aromatic N) is 2. The summed E-state index contributed by atoms with van der Waals surface area (Å²) in [7, 11) is 2.23. The van der Waals surface area contributed by atoms with E-state index < -0.39 is 0 Å². The number of likely N-dealkylation sites (N-methyl/N-ethyl adjacent to an activating group) is 1. The molecule has 1 aliphatic heterocycles. The van der Waals surface area contributed by atoms with Crippen molar-refractivity contribution in [3.63, 3.8) is 0 Å². The van der Waals surface area contributed by atoms with Gasteiger partial charge >= 0.3 is 0 Å². The van der Waals surface area contributed by atoms with Gasteiger partial charge in [-0.1, -0.05) is 30.3 Å². The van der Waals surface area contributed by atoms with Crippen LogP contribution in [0.25, 0.3) is 0 Å². The van der Waals surface area contributed by atoms with Crippen LogP contribution >= 0.6 is 0 Å². The molecular formula is C15H24N2. The van der Waals surface area contributed by atoms with Gasteiger partial charge in [-0.25, -0.2) is 0 Å². The van der Waals surface area contributed by atoms with E-state index in [2.05, 4.69) is 68.0 Å². The zero-order chi connectivity index (χ0) is 12.5. The topological polar surface area (TPSA) is 6.48 Å². The molecule has 0 aliphatic carbocycles. The van der Waals surface area contributed by atoms with Crippen LogP contribution in [-0.4, -0.2) is 42.0 Å². The molecule has 0 bridgehead atoms. The molecular weight excluding hydrogens is 208 g/mol. The van der Waals surface area contributed by atoms with Gasteiger partial charge < -0.3 is 0 Å². The maximum atomic E-state index is 2.59. The molecule has 2 nitrogen and oxygen atoms in total. The largest absolute Gasteiger partial charge is 0.297 e. The smallest absolute Gasteiger partial charge is 0.0472 e. The van der Waals surface area contributed by atoms with Crippen molar-refractivity contribution in [1.29, 1.82) is 0 Å². The van der Waals surface area contributed by atoms with Gasteiger partial charge in [-0.3, -0.25) is 9.80 Å². The first-order chi connectivity index (χ1) is 7.98. The highest BCUT2D eigenvalue weighted by Crippen LogP contribution is 2.27. The van der Waals surface area contributed by atoms with E-state index >= 15 is 0 Å². The summed E-state index contributed by atoms with van der Waals surface area (Å²) < 4.78 is 0. The van der Waals surface area contributed by atoms with Crippen molar-refractivity contribution in [3.8, 4) is 0 Å². The van der Waals surface area contributed by atoms with Gasteiger partial charge in [0.05, 0.1) is 0 Å². The van der Waals surface area contributed by atoms with Crippen molar-refractivity contribution in [2.24, 2.45) is 0 Å². The zero-order valence-electron chi connectivity index (χ0n) is 11.5. The van der Waals surface area contributed by atoms with Crippen molar-refractivity contribution in [3.05, 3.63) is 35.9 Å². The molecule has 1 aliphatic rings. The number of hydrogen-bond acceptors (Lipinski definition) is 2. The lowest BCUT2D eigenvalue weighted by Crippen LogP contribution is -2.53. The minimum absolute atomic E-state index is 0.272. The molecule has 17 heavy (non-hydrogen) atoms. The minimum atomic E-state index is 0.272. The first-order valence-corrected chi connectivity index (χ1v) is 6.49. The van der Waals surface area contributed by atoms with Gasteiger partial charge in [0.2, 0.25) is 0 Å². The normalized spacial score (nSPS) is 23.9. The molecule has 1 atom stereocenters. The van der Waals surface area contributed by atoms with E-state index in [0.717, 1.165) is 13.1 Å². The van der Waals surface area contributed by atoms with Crippen molar-refractivity contribution < 1.29 is 0 Å². The Morgan fingerprint density at radius 3 is 2.29 bits per heavy atom. The first kappa shape index (κ1) is 12.6. The molecule has 0 N–H and O–H groups in total. The van der Waals surface area contributed by atoms with E-state index in [1.165, 1.54) is 12.1 Å². The van der Waals surface area contributed by atoms with Crippen LogP contribution in [-0.2, 0) is 0 Å². The third-order valence-electron chi connectivity index (χ3n) is 3.78. The van der Waals surface area contributed by atoms with Gasteiger partial charge in [0.1, 0.15) is 0 Å². The Balaban J connectivity index is 2.16. The maximum absolute atomic E-state index is 2.59. The summed E-state index contributed by atoms with van der Waals surface area (Å²) >= 11 is 0. The van der Waals surface area contributed by atoms with Crippen LogP contribution in [0.4, 0.5) is 0 Å². The summed E-state index contributed by atoms with van der Waals surface area (Å²) in [4.78, 5) is 5.06. The lowest BCUT2D eigenvalue weighted by Gasteiger charge is -2.45. The highest BCUT2D eigenvalue weighted by Gasteiger charge is 2.31. The lowest BCUT2D eigenvalue weighted by atomic mass is 9.98. The number of piperazine rings is 1. The molecule has 0 radical (unpaired) electrons. The summed E-state index contributed by atoms with van der Waals surface area (Å²) in [5.41, 5.74) is 1.71. The van der Waals surface area contributed by atoms with E-state index in [1.54, 1.807) is 0 Å². The molecule has 1 heterocycles. The Morgan fingerprint density at radius 1 is 1.06 bits per heavy atom. The van der Waals surface area contributed by atoms with E-state index in [0.29, 0.717) is 6.04 Å². The van der Waals surface area contributed by atoms with Crippen LogP contribution < -0.4 is 0 Å². The molecule has 2 rings (SSSR count). The summed E-state index contributed by atoms with van der Waals surface area (Å²) in [6, 6.07) is 11.4. The van der Waals surface area contributed by atoms with Gasteiger partial charge in [-0.05, 0) is 33.4 Å². The molecule has 1 unspecified atom stereocenters. The number of hydrogen-bond donors (Lipinski definition) is 0. The van der Waals surface area contributed by atoms with E-state index in [1.807, 2.05) is 0 Å². The second-order valence-electron chi connectivity index (χ2n) is 6.02. The molecule has 1 aromatic rings. The Bertz CT molecular complexity index is 353. The molecule has 94 valence electrons. The fourth-order valence-electron chi connectivity index (χ4n) is 2.52. The van der Waals surface area contributed by atoms with Crippen molar-refractivity contribution in [2.45, 2.75) is 32.4 Å². The van der Waals surface area contributed by atoms with Crippen molar-refractivity contribution in [1.82, 2.24) is 9.80 Å². The van der Waals surface area contributed by atoms with Gasteiger partial charge in [0.15, 0.2) is 0 Å². The third-order valence-corrected chi connectivity index (χ3v) is 3.78. The van der Waals surface area contributed by atoms with E-state index in [4.69, 9.17) is 0 Å². The highest BCUT2D eigenvalue weighted by molar-refractivity contribution is 5.20. The molecule has 0 amide bonds. The fraction of sp³-hybridized carbons (Fsp3) is 0.600. The van der Waals surface area contributed by atoms with Crippen LogP contribution in [0.15, 0.2) is 30.3 Å².